The number of nitrogens with zero attached hydrogens (tertiary/aromatic N) is 1. The number of halogens is 4. The second-order valence-electron chi connectivity index (χ2n) is 8.82. The van der Waals surface area contributed by atoms with Crippen molar-refractivity contribution < 1.29 is 36.7 Å². The second kappa shape index (κ2) is 9.27. The monoisotopic (exact) mass is 459 g/mol. The third-order valence-corrected chi connectivity index (χ3v) is 4.60. The molecule has 11 heteroatoms. The number of nitrogens with one attached hydrogen (secondary N) is 2. The van der Waals surface area contributed by atoms with Gasteiger partial charge in [0.25, 0.3) is 5.91 Å². The van der Waals surface area contributed by atoms with Gasteiger partial charge in [0.2, 0.25) is 5.89 Å². The van der Waals surface area contributed by atoms with Crippen LogP contribution in [0.3, 0.4) is 0 Å². The molecule has 0 unspecified atom stereocenters. The van der Waals surface area contributed by atoms with Crippen LogP contribution in [0, 0.1) is 5.82 Å². The van der Waals surface area contributed by atoms with Gasteiger partial charge < -0.3 is 20.2 Å². The van der Waals surface area contributed by atoms with Gasteiger partial charge in [-0.25, -0.2) is 14.2 Å². The van der Waals surface area contributed by atoms with E-state index in [4.69, 9.17) is 14.3 Å². The molecule has 2 heterocycles. The van der Waals surface area contributed by atoms with Crippen LogP contribution >= 0.6 is 0 Å². The Balaban J connectivity index is 0.000000451. The van der Waals surface area contributed by atoms with Crippen molar-refractivity contribution >= 4 is 11.9 Å². The first kappa shape index (κ1) is 25.3. The Labute approximate surface area is 182 Å². The van der Waals surface area contributed by atoms with E-state index < -0.39 is 12.1 Å². The van der Waals surface area contributed by atoms with Crippen molar-refractivity contribution in [1.82, 2.24) is 15.6 Å². The number of aliphatic carboxylic acids is 1. The van der Waals surface area contributed by atoms with Gasteiger partial charge in [-0.2, -0.15) is 13.2 Å². The minimum atomic E-state index is -5.08. The Bertz CT molecular complexity index is 937. The summed E-state index contributed by atoms with van der Waals surface area (Å²) in [6, 6.07) is 5.86. The maximum Gasteiger partial charge on any atom is 0.490 e. The second-order valence-corrected chi connectivity index (χ2v) is 8.82. The van der Waals surface area contributed by atoms with Crippen LogP contribution in [-0.2, 0) is 4.79 Å². The van der Waals surface area contributed by atoms with E-state index in [1.807, 2.05) is 0 Å². The fraction of sp³-hybridized carbons (Fsp3) is 0.476. The average Bonchev–Trinajstić information content (AvgIpc) is 3.09. The van der Waals surface area contributed by atoms with Gasteiger partial charge in [-0.15, -0.1) is 0 Å². The molecule has 0 spiro atoms. The van der Waals surface area contributed by atoms with Gasteiger partial charge in [0, 0.05) is 22.7 Å². The summed E-state index contributed by atoms with van der Waals surface area (Å²) in [7, 11) is 0. The molecule has 1 saturated heterocycles. The van der Waals surface area contributed by atoms with Gasteiger partial charge in [-0.1, -0.05) is 0 Å². The van der Waals surface area contributed by atoms with Crippen LogP contribution in [0.15, 0.2) is 34.9 Å². The third-order valence-electron chi connectivity index (χ3n) is 4.60. The standard InChI is InChI=1S/C19H24FN3O2.C2HF3O2/c1-18(2)9-14(10-19(3,4)23-18)21-16(24)15-11-25-17(22-15)12-5-7-13(20)8-6-12;3-2(4,5)1(6)7/h5-8,11,14,23H,9-10H2,1-4H3,(H,21,24);(H,6,7). The molecule has 3 N–H and O–H groups in total. The van der Waals surface area contributed by atoms with E-state index >= 15 is 0 Å². The van der Waals surface area contributed by atoms with Crippen molar-refractivity contribution in [2.45, 2.75) is 63.8 Å². The molecular formula is C21H25F4N3O4. The van der Waals surface area contributed by atoms with E-state index in [1.54, 1.807) is 12.1 Å². The Kier molecular flexibility index (Phi) is 7.33. The van der Waals surface area contributed by atoms with Gasteiger partial charge in [0.1, 0.15) is 12.1 Å². The summed E-state index contributed by atoms with van der Waals surface area (Å²) in [6.45, 7) is 8.54. The lowest BCUT2D eigenvalue weighted by Gasteiger charge is -2.46. The number of rotatable bonds is 3. The van der Waals surface area contributed by atoms with E-state index in [9.17, 15) is 22.4 Å². The number of benzene rings is 1. The molecule has 2 aromatic rings. The van der Waals surface area contributed by atoms with Crippen LogP contribution in [0.1, 0.15) is 51.0 Å². The van der Waals surface area contributed by atoms with Gasteiger partial charge in [0.05, 0.1) is 0 Å². The van der Waals surface area contributed by atoms with Crippen molar-refractivity contribution in [3.8, 4) is 11.5 Å². The highest BCUT2D eigenvalue weighted by atomic mass is 19.4. The minimum Gasteiger partial charge on any atom is -0.475 e. The Morgan fingerprint density at radius 3 is 2.09 bits per heavy atom. The smallest absolute Gasteiger partial charge is 0.475 e. The molecule has 0 aliphatic carbocycles. The van der Waals surface area contributed by atoms with Gasteiger partial charge in [0.15, 0.2) is 5.69 Å². The molecule has 0 atom stereocenters. The van der Waals surface area contributed by atoms with E-state index in [2.05, 4.69) is 43.3 Å². The topological polar surface area (TPSA) is 104 Å². The molecule has 1 aliphatic heterocycles. The Hall–Kier alpha value is -2.95. The summed E-state index contributed by atoms with van der Waals surface area (Å²) < 4.78 is 50.1. The number of alkyl halides is 3. The lowest BCUT2D eigenvalue weighted by molar-refractivity contribution is -0.192. The normalized spacial score (nSPS) is 17.8. The molecule has 1 fully saturated rings. The first-order valence-electron chi connectivity index (χ1n) is 9.70. The fourth-order valence-electron chi connectivity index (χ4n) is 3.79. The molecule has 1 aliphatic rings. The summed E-state index contributed by atoms with van der Waals surface area (Å²) in [5, 5.41) is 13.8. The highest BCUT2D eigenvalue weighted by molar-refractivity contribution is 5.92. The summed E-state index contributed by atoms with van der Waals surface area (Å²) >= 11 is 0. The van der Waals surface area contributed by atoms with Crippen LogP contribution in [0.5, 0.6) is 0 Å². The molecule has 1 aromatic carbocycles. The number of hydrogen-bond donors (Lipinski definition) is 3. The Morgan fingerprint density at radius 1 is 1.12 bits per heavy atom. The molecule has 0 radical (unpaired) electrons. The van der Waals surface area contributed by atoms with Gasteiger partial charge in [-0.05, 0) is 64.8 Å². The average molecular weight is 459 g/mol. The quantitative estimate of drug-likeness (QED) is 0.596. The molecule has 1 amide bonds. The van der Waals surface area contributed by atoms with Crippen LogP contribution in [0.4, 0.5) is 17.6 Å². The van der Waals surface area contributed by atoms with Crippen LogP contribution < -0.4 is 10.6 Å². The number of carboxylic acid groups (broad SMARTS) is 1. The molecule has 0 saturated carbocycles. The van der Waals surface area contributed by atoms with Crippen LogP contribution in [0.25, 0.3) is 11.5 Å². The zero-order valence-electron chi connectivity index (χ0n) is 18.0. The number of carbonyl (C=O) groups excluding carboxylic acids is 1. The predicted molar refractivity (Wildman–Crippen MR) is 107 cm³/mol. The molecule has 3 rings (SSSR count). The highest BCUT2D eigenvalue weighted by Crippen LogP contribution is 2.28. The van der Waals surface area contributed by atoms with Crippen molar-refractivity contribution in [2.75, 3.05) is 0 Å². The molecular weight excluding hydrogens is 434 g/mol. The summed E-state index contributed by atoms with van der Waals surface area (Å²) in [6.07, 6.45) is -2.07. The van der Waals surface area contributed by atoms with E-state index in [1.165, 1.54) is 18.4 Å². The number of carboxylic acids is 1. The van der Waals surface area contributed by atoms with E-state index in [0.29, 0.717) is 11.5 Å². The van der Waals surface area contributed by atoms with E-state index in [0.717, 1.165) is 12.8 Å². The first-order chi connectivity index (χ1) is 14.6. The van der Waals surface area contributed by atoms with Crippen molar-refractivity contribution in [1.29, 1.82) is 0 Å². The maximum atomic E-state index is 13.0. The van der Waals surface area contributed by atoms with Crippen molar-refractivity contribution in [3.05, 3.63) is 42.0 Å². The van der Waals surface area contributed by atoms with Gasteiger partial charge >= 0.3 is 12.1 Å². The van der Waals surface area contributed by atoms with E-state index in [-0.39, 0.29) is 34.5 Å². The molecule has 32 heavy (non-hydrogen) atoms. The largest absolute Gasteiger partial charge is 0.490 e. The zero-order valence-corrected chi connectivity index (χ0v) is 18.0. The lowest BCUT2D eigenvalue weighted by Crippen LogP contribution is -2.62. The van der Waals surface area contributed by atoms with Crippen LogP contribution in [-0.4, -0.2) is 45.3 Å². The summed E-state index contributed by atoms with van der Waals surface area (Å²) in [4.78, 5) is 25.6. The third kappa shape index (κ3) is 7.33. The first-order valence-corrected chi connectivity index (χ1v) is 9.70. The number of hydrogen-bond acceptors (Lipinski definition) is 5. The number of aromatic nitrogens is 1. The van der Waals surface area contributed by atoms with Crippen molar-refractivity contribution in [2.24, 2.45) is 0 Å². The fourth-order valence-corrected chi connectivity index (χ4v) is 3.79. The lowest BCUT2D eigenvalue weighted by atomic mass is 9.79. The minimum absolute atomic E-state index is 0.0528. The number of carbonyl (C=O) groups is 2. The van der Waals surface area contributed by atoms with Crippen molar-refractivity contribution in [3.63, 3.8) is 0 Å². The number of oxazole rings is 1. The SMILES string of the molecule is CC1(C)CC(NC(=O)c2coc(-c3ccc(F)cc3)n2)CC(C)(C)N1.O=C(O)C(F)(F)F. The Morgan fingerprint density at radius 2 is 1.62 bits per heavy atom. The highest BCUT2D eigenvalue weighted by Gasteiger charge is 2.39. The molecule has 7 nitrogen and oxygen atoms in total. The molecule has 0 bridgehead atoms. The van der Waals surface area contributed by atoms with Gasteiger partial charge in [-0.3, -0.25) is 4.79 Å². The zero-order chi connectivity index (χ0) is 24.3. The maximum absolute atomic E-state index is 13.0. The predicted octanol–water partition coefficient (Wildman–Crippen LogP) is 4.15. The summed E-state index contributed by atoms with van der Waals surface area (Å²) in [5.41, 5.74) is 0.754. The summed E-state index contributed by atoms with van der Waals surface area (Å²) in [5.74, 6) is -3.04. The van der Waals surface area contributed by atoms with Crippen LogP contribution in [0.2, 0.25) is 0 Å². The number of piperidine rings is 1. The molecule has 1 aromatic heterocycles. The molecule has 176 valence electrons. The number of amides is 1.